The Labute approximate surface area is 152 Å². The maximum atomic E-state index is 3.37. The zero-order valence-electron chi connectivity index (χ0n) is 15.0. The number of thioether (sulfide) groups is 1. The molecule has 24 heavy (non-hydrogen) atoms. The first-order valence-electron chi connectivity index (χ1n) is 9.40. The van der Waals surface area contributed by atoms with E-state index >= 15 is 0 Å². The summed E-state index contributed by atoms with van der Waals surface area (Å²) < 4.78 is 0. The van der Waals surface area contributed by atoms with Crippen LogP contribution in [0.5, 0.6) is 0 Å². The van der Waals surface area contributed by atoms with Crippen LogP contribution in [0.25, 0.3) is 0 Å². The molecule has 1 aromatic carbocycles. The zero-order valence-corrected chi connectivity index (χ0v) is 15.8. The minimum atomic E-state index is 0.900. The smallest absolute Gasteiger partial charge is 0.0248 e. The van der Waals surface area contributed by atoms with Crippen LogP contribution in [0.1, 0.15) is 37.3 Å². The lowest BCUT2D eigenvalue weighted by atomic mass is 9.98. The normalized spacial score (nSPS) is 20.5. The van der Waals surface area contributed by atoms with E-state index in [4.69, 9.17) is 0 Å². The molecule has 1 aromatic rings. The molecule has 3 heteroatoms. The molecule has 2 saturated heterocycles. The number of hydrogen-bond donors (Lipinski definition) is 0. The summed E-state index contributed by atoms with van der Waals surface area (Å²) in [6.45, 7) is 9.52. The molecular formula is C21H30N2S. The van der Waals surface area contributed by atoms with E-state index in [2.05, 4.69) is 64.6 Å². The van der Waals surface area contributed by atoms with E-state index in [0.717, 1.165) is 25.4 Å². The predicted molar refractivity (Wildman–Crippen MR) is 105 cm³/mol. The molecule has 2 fully saturated rings. The molecule has 0 bridgehead atoms. The molecule has 0 spiro atoms. The Morgan fingerprint density at radius 1 is 1.08 bits per heavy atom. The number of piperidine rings is 1. The van der Waals surface area contributed by atoms with E-state index in [1.54, 1.807) is 0 Å². The third-order valence-corrected chi connectivity index (χ3v) is 6.04. The first kappa shape index (κ1) is 17.9. The summed E-state index contributed by atoms with van der Waals surface area (Å²) in [5.41, 5.74) is 2.58. The van der Waals surface area contributed by atoms with E-state index in [-0.39, 0.29) is 0 Å². The van der Waals surface area contributed by atoms with Crippen molar-refractivity contribution < 1.29 is 0 Å². The van der Waals surface area contributed by atoms with Crippen molar-refractivity contribution in [1.82, 2.24) is 9.80 Å². The van der Waals surface area contributed by atoms with Crippen LogP contribution in [-0.2, 0) is 6.54 Å². The minimum Gasteiger partial charge on any atom is -0.301 e. The largest absolute Gasteiger partial charge is 0.301 e. The highest BCUT2D eigenvalue weighted by Gasteiger charge is 2.15. The fourth-order valence-electron chi connectivity index (χ4n) is 3.43. The van der Waals surface area contributed by atoms with Crippen LogP contribution in [0.15, 0.2) is 24.3 Å². The van der Waals surface area contributed by atoms with Crippen molar-refractivity contribution in [2.24, 2.45) is 5.92 Å². The summed E-state index contributed by atoms with van der Waals surface area (Å²) in [7, 11) is 0. The number of benzene rings is 1. The third kappa shape index (κ3) is 5.84. The van der Waals surface area contributed by atoms with Gasteiger partial charge in [-0.15, -0.1) is 0 Å². The van der Waals surface area contributed by atoms with Crippen molar-refractivity contribution in [3.8, 4) is 11.8 Å². The van der Waals surface area contributed by atoms with Crippen molar-refractivity contribution in [1.29, 1.82) is 0 Å². The Balaban J connectivity index is 1.47. The highest BCUT2D eigenvalue weighted by atomic mass is 32.2. The van der Waals surface area contributed by atoms with Gasteiger partial charge in [0.1, 0.15) is 0 Å². The molecule has 2 nitrogen and oxygen atoms in total. The standard InChI is InChI=1S/C21H30N2S/c1-19-8-11-23(12-9-19)18-21-7-4-6-20(17-21)5-2-3-10-22-13-15-24-16-14-22/h4,6-7,17,19H,3,8-16,18H2,1H3. The molecule has 0 radical (unpaired) electrons. The summed E-state index contributed by atoms with van der Waals surface area (Å²) in [5.74, 6) is 10.2. The van der Waals surface area contributed by atoms with Gasteiger partial charge in [0.15, 0.2) is 0 Å². The van der Waals surface area contributed by atoms with Gasteiger partial charge in [-0.1, -0.05) is 30.9 Å². The lowest BCUT2D eigenvalue weighted by molar-refractivity contribution is 0.185. The fourth-order valence-corrected chi connectivity index (χ4v) is 4.41. The summed E-state index contributed by atoms with van der Waals surface area (Å²) in [4.78, 5) is 5.12. The summed E-state index contributed by atoms with van der Waals surface area (Å²) in [6.07, 6.45) is 3.67. The number of likely N-dealkylation sites (tertiary alicyclic amines) is 1. The minimum absolute atomic E-state index is 0.900. The Hall–Kier alpha value is -0.950. The second-order valence-corrected chi connectivity index (χ2v) is 8.39. The Morgan fingerprint density at radius 2 is 1.88 bits per heavy atom. The van der Waals surface area contributed by atoms with E-state index in [1.165, 1.54) is 61.7 Å². The lowest BCUT2D eigenvalue weighted by Gasteiger charge is -2.30. The zero-order chi connectivity index (χ0) is 16.6. The Kier molecular flexibility index (Phi) is 7.08. The predicted octanol–water partition coefficient (Wildman–Crippen LogP) is 3.71. The van der Waals surface area contributed by atoms with Crippen LogP contribution >= 0.6 is 11.8 Å². The maximum Gasteiger partial charge on any atom is 0.0248 e. The van der Waals surface area contributed by atoms with Gasteiger partial charge in [-0.2, -0.15) is 11.8 Å². The van der Waals surface area contributed by atoms with E-state index < -0.39 is 0 Å². The van der Waals surface area contributed by atoms with Crippen LogP contribution in [-0.4, -0.2) is 54.0 Å². The molecule has 130 valence electrons. The van der Waals surface area contributed by atoms with Crippen LogP contribution < -0.4 is 0 Å². The molecule has 0 aromatic heterocycles. The lowest BCUT2D eigenvalue weighted by Crippen LogP contribution is -2.33. The van der Waals surface area contributed by atoms with Crippen molar-refractivity contribution in [2.45, 2.75) is 32.7 Å². The highest BCUT2D eigenvalue weighted by Crippen LogP contribution is 2.18. The average Bonchev–Trinajstić information content (AvgIpc) is 2.62. The van der Waals surface area contributed by atoms with Crippen LogP contribution in [0.4, 0.5) is 0 Å². The molecule has 0 amide bonds. The van der Waals surface area contributed by atoms with Gasteiger partial charge < -0.3 is 4.90 Å². The molecule has 0 unspecified atom stereocenters. The number of nitrogens with zero attached hydrogens (tertiary/aromatic N) is 2. The molecular weight excluding hydrogens is 312 g/mol. The average molecular weight is 343 g/mol. The first-order chi connectivity index (χ1) is 11.8. The second kappa shape index (κ2) is 9.51. The van der Waals surface area contributed by atoms with Crippen molar-refractivity contribution in [3.63, 3.8) is 0 Å². The van der Waals surface area contributed by atoms with Gasteiger partial charge >= 0.3 is 0 Å². The van der Waals surface area contributed by atoms with E-state index in [1.807, 2.05) is 0 Å². The molecule has 0 N–H and O–H groups in total. The van der Waals surface area contributed by atoms with Gasteiger partial charge in [0.2, 0.25) is 0 Å². The molecule has 3 rings (SSSR count). The number of hydrogen-bond acceptors (Lipinski definition) is 3. The second-order valence-electron chi connectivity index (χ2n) is 7.16. The summed E-state index contributed by atoms with van der Waals surface area (Å²) in [5, 5.41) is 0. The molecule has 2 aliphatic heterocycles. The number of rotatable bonds is 4. The van der Waals surface area contributed by atoms with Crippen LogP contribution in [0.3, 0.4) is 0 Å². The quantitative estimate of drug-likeness (QED) is 0.770. The third-order valence-electron chi connectivity index (χ3n) is 5.10. The highest BCUT2D eigenvalue weighted by molar-refractivity contribution is 7.99. The molecule has 0 aliphatic carbocycles. The van der Waals surface area contributed by atoms with Gasteiger partial charge in [0.25, 0.3) is 0 Å². The van der Waals surface area contributed by atoms with Crippen molar-refractivity contribution >= 4 is 11.8 Å². The molecule has 2 heterocycles. The van der Waals surface area contributed by atoms with Crippen molar-refractivity contribution in [3.05, 3.63) is 35.4 Å². The molecule has 0 saturated carbocycles. The van der Waals surface area contributed by atoms with Gasteiger partial charge in [0.05, 0.1) is 0 Å². The molecule has 0 atom stereocenters. The first-order valence-corrected chi connectivity index (χ1v) is 10.6. The summed E-state index contributed by atoms with van der Waals surface area (Å²) >= 11 is 2.07. The maximum absolute atomic E-state index is 3.37. The van der Waals surface area contributed by atoms with E-state index in [0.29, 0.717) is 0 Å². The summed E-state index contributed by atoms with van der Waals surface area (Å²) in [6, 6.07) is 8.83. The van der Waals surface area contributed by atoms with Crippen LogP contribution in [0.2, 0.25) is 0 Å². The topological polar surface area (TPSA) is 6.48 Å². The van der Waals surface area contributed by atoms with Gasteiger partial charge in [-0.25, -0.2) is 0 Å². The fraction of sp³-hybridized carbons (Fsp3) is 0.619. The van der Waals surface area contributed by atoms with Crippen LogP contribution in [0, 0.1) is 17.8 Å². The Morgan fingerprint density at radius 3 is 2.67 bits per heavy atom. The van der Waals surface area contributed by atoms with Crippen molar-refractivity contribution in [2.75, 3.05) is 44.2 Å². The van der Waals surface area contributed by atoms with E-state index in [9.17, 15) is 0 Å². The Bertz CT molecular complexity index is 561. The monoisotopic (exact) mass is 342 g/mol. The SMILES string of the molecule is CC1CCN(Cc2cccc(C#CCCN3CCSCC3)c2)CC1. The van der Waals surface area contributed by atoms with Gasteiger partial charge in [-0.05, 0) is 49.5 Å². The van der Waals surface area contributed by atoms with Gasteiger partial charge in [-0.3, -0.25) is 4.90 Å². The molecule has 2 aliphatic rings. The van der Waals surface area contributed by atoms with Gasteiger partial charge in [0, 0.05) is 49.7 Å².